The fourth-order valence-electron chi connectivity index (χ4n) is 2.08. The predicted molar refractivity (Wildman–Crippen MR) is 81.7 cm³/mol. The summed E-state index contributed by atoms with van der Waals surface area (Å²) in [5, 5.41) is 16.8. The molecule has 2 aromatic rings. The summed E-state index contributed by atoms with van der Waals surface area (Å²) in [5.41, 5.74) is 0.865. The number of nitrogens with zero attached hydrogens (tertiary/aromatic N) is 2. The number of unbranched alkanes of at least 4 members (excludes halogenated alkanes) is 3. The molecule has 21 heavy (non-hydrogen) atoms. The van der Waals surface area contributed by atoms with Gasteiger partial charge in [-0.25, -0.2) is 4.68 Å². The van der Waals surface area contributed by atoms with E-state index in [4.69, 9.17) is 0 Å². The SMILES string of the molecule is CCCCCCNC(=O)c1nn(-c2ccccc2)cc1O. The maximum Gasteiger partial charge on any atom is 0.275 e. The number of hydrogen-bond donors (Lipinski definition) is 2. The molecule has 0 atom stereocenters. The van der Waals surface area contributed by atoms with E-state index >= 15 is 0 Å². The van der Waals surface area contributed by atoms with Crippen molar-refractivity contribution < 1.29 is 9.90 Å². The Balaban J connectivity index is 1.97. The van der Waals surface area contributed by atoms with Gasteiger partial charge in [0.05, 0.1) is 11.9 Å². The number of carbonyl (C=O) groups is 1. The summed E-state index contributed by atoms with van der Waals surface area (Å²) in [6, 6.07) is 9.37. The van der Waals surface area contributed by atoms with Crippen molar-refractivity contribution in [3.8, 4) is 11.4 Å². The molecule has 0 radical (unpaired) electrons. The normalized spacial score (nSPS) is 10.5. The Labute approximate surface area is 124 Å². The number of rotatable bonds is 7. The average molecular weight is 287 g/mol. The molecule has 1 aromatic heterocycles. The minimum atomic E-state index is -0.335. The van der Waals surface area contributed by atoms with Gasteiger partial charge in [0.25, 0.3) is 5.91 Å². The van der Waals surface area contributed by atoms with Crippen molar-refractivity contribution in [2.45, 2.75) is 32.6 Å². The van der Waals surface area contributed by atoms with Crippen LogP contribution in [-0.4, -0.2) is 27.3 Å². The molecule has 1 heterocycles. The molecule has 0 bridgehead atoms. The Hall–Kier alpha value is -2.30. The van der Waals surface area contributed by atoms with Gasteiger partial charge in [0.15, 0.2) is 11.4 Å². The van der Waals surface area contributed by atoms with Gasteiger partial charge >= 0.3 is 0 Å². The van der Waals surface area contributed by atoms with Crippen molar-refractivity contribution in [1.82, 2.24) is 15.1 Å². The van der Waals surface area contributed by atoms with Crippen molar-refractivity contribution in [3.05, 3.63) is 42.2 Å². The van der Waals surface area contributed by atoms with E-state index in [2.05, 4.69) is 17.3 Å². The zero-order valence-corrected chi connectivity index (χ0v) is 12.2. The first kappa shape index (κ1) is 15.1. The van der Waals surface area contributed by atoms with E-state index in [0.29, 0.717) is 6.54 Å². The zero-order valence-electron chi connectivity index (χ0n) is 12.2. The molecular weight excluding hydrogens is 266 g/mol. The average Bonchev–Trinajstić information content (AvgIpc) is 2.90. The second-order valence-electron chi connectivity index (χ2n) is 4.96. The Morgan fingerprint density at radius 3 is 2.71 bits per heavy atom. The molecule has 2 rings (SSSR count). The van der Waals surface area contributed by atoms with Crippen LogP contribution in [0, 0.1) is 0 Å². The molecule has 2 N–H and O–H groups in total. The minimum absolute atomic E-state index is 0.0642. The van der Waals surface area contributed by atoms with Crippen LogP contribution in [0.25, 0.3) is 5.69 Å². The first-order valence-electron chi connectivity index (χ1n) is 7.34. The second kappa shape index (κ2) is 7.47. The number of hydrogen-bond acceptors (Lipinski definition) is 3. The first-order valence-corrected chi connectivity index (χ1v) is 7.34. The van der Waals surface area contributed by atoms with Crippen LogP contribution < -0.4 is 5.32 Å². The van der Waals surface area contributed by atoms with E-state index in [9.17, 15) is 9.90 Å². The molecule has 0 aliphatic carbocycles. The number of aromatic hydroxyl groups is 1. The Morgan fingerprint density at radius 1 is 1.24 bits per heavy atom. The fourth-order valence-corrected chi connectivity index (χ4v) is 2.08. The molecule has 0 saturated carbocycles. The molecule has 0 spiro atoms. The van der Waals surface area contributed by atoms with Crippen LogP contribution in [0.2, 0.25) is 0 Å². The maximum absolute atomic E-state index is 12.0. The van der Waals surface area contributed by atoms with Crippen LogP contribution in [-0.2, 0) is 0 Å². The molecule has 0 aliphatic rings. The van der Waals surface area contributed by atoms with Gasteiger partial charge in [0.1, 0.15) is 0 Å². The fraction of sp³-hybridized carbons (Fsp3) is 0.375. The zero-order chi connectivity index (χ0) is 15.1. The molecule has 0 saturated heterocycles. The predicted octanol–water partition coefficient (Wildman–Crippen LogP) is 2.89. The van der Waals surface area contributed by atoms with Gasteiger partial charge in [-0.05, 0) is 18.6 Å². The van der Waals surface area contributed by atoms with Crippen LogP contribution in [0.15, 0.2) is 36.5 Å². The summed E-state index contributed by atoms with van der Waals surface area (Å²) in [7, 11) is 0. The highest BCUT2D eigenvalue weighted by atomic mass is 16.3. The number of carbonyl (C=O) groups excluding carboxylic acids is 1. The summed E-state index contributed by atoms with van der Waals surface area (Å²) >= 11 is 0. The molecule has 0 unspecified atom stereocenters. The van der Waals surface area contributed by atoms with Gasteiger partial charge in [-0.1, -0.05) is 44.4 Å². The smallest absolute Gasteiger partial charge is 0.275 e. The standard InChI is InChI=1S/C16H21N3O2/c1-2-3-4-8-11-17-16(21)15-14(20)12-19(18-15)13-9-6-5-7-10-13/h5-7,9-10,12,20H,2-4,8,11H2,1H3,(H,17,21). The van der Waals surface area contributed by atoms with Gasteiger partial charge in [-0.2, -0.15) is 5.10 Å². The van der Waals surface area contributed by atoms with Crippen molar-refractivity contribution >= 4 is 5.91 Å². The van der Waals surface area contributed by atoms with Crippen molar-refractivity contribution in [2.75, 3.05) is 6.54 Å². The number of aromatic nitrogens is 2. The second-order valence-corrected chi connectivity index (χ2v) is 4.96. The number of benzene rings is 1. The van der Waals surface area contributed by atoms with Crippen molar-refractivity contribution in [1.29, 1.82) is 0 Å². The molecule has 5 nitrogen and oxygen atoms in total. The van der Waals surface area contributed by atoms with Crippen LogP contribution in [0.5, 0.6) is 5.75 Å². The van der Waals surface area contributed by atoms with Gasteiger partial charge in [-0.15, -0.1) is 0 Å². The topological polar surface area (TPSA) is 67.2 Å². The molecule has 0 fully saturated rings. The van der Waals surface area contributed by atoms with Gasteiger partial charge in [-0.3, -0.25) is 4.79 Å². The Bertz CT molecular complexity index is 578. The Kier molecular flexibility index (Phi) is 5.37. The third-order valence-electron chi connectivity index (χ3n) is 3.25. The molecule has 1 aromatic carbocycles. The van der Waals surface area contributed by atoms with Crippen LogP contribution in [0.1, 0.15) is 43.1 Å². The van der Waals surface area contributed by atoms with E-state index in [1.807, 2.05) is 30.3 Å². The minimum Gasteiger partial charge on any atom is -0.504 e. The maximum atomic E-state index is 12.0. The highest BCUT2D eigenvalue weighted by Gasteiger charge is 2.16. The summed E-state index contributed by atoms with van der Waals surface area (Å²) in [6.45, 7) is 2.75. The molecular formula is C16H21N3O2. The van der Waals surface area contributed by atoms with Gasteiger partial charge < -0.3 is 10.4 Å². The highest BCUT2D eigenvalue weighted by Crippen LogP contribution is 2.17. The monoisotopic (exact) mass is 287 g/mol. The Morgan fingerprint density at radius 2 is 2.00 bits per heavy atom. The lowest BCUT2D eigenvalue weighted by molar-refractivity contribution is 0.0945. The van der Waals surface area contributed by atoms with Crippen LogP contribution >= 0.6 is 0 Å². The van der Waals surface area contributed by atoms with Crippen LogP contribution in [0.4, 0.5) is 0 Å². The van der Waals surface area contributed by atoms with E-state index in [1.54, 1.807) is 0 Å². The lowest BCUT2D eigenvalue weighted by Crippen LogP contribution is -2.25. The number of para-hydroxylation sites is 1. The molecule has 0 aliphatic heterocycles. The largest absolute Gasteiger partial charge is 0.504 e. The van der Waals surface area contributed by atoms with E-state index in [0.717, 1.165) is 24.9 Å². The van der Waals surface area contributed by atoms with Crippen LogP contribution in [0.3, 0.4) is 0 Å². The number of amides is 1. The summed E-state index contributed by atoms with van der Waals surface area (Å²) in [4.78, 5) is 12.0. The third kappa shape index (κ3) is 4.08. The van der Waals surface area contributed by atoms with E-state index in [1.165, 1.54) is 17.3 Å². The summed E-state index contributed by atoms with van der Waals surface area (Å²) in [5.74, 6) is -0.441. The van der Waals surface area contributed by atoms with E-state index in [-0.39, 0.29) is 17.4 Å². The molecule has 112 valence electrons. The van der Waals surface area contributed by atoms with Gasteiger partial charge in [0, 0.05) is 6.54 Å². The van der Waals surface area contributed by atoms with Gasteiger partial charge in [0.2, 0.25) is 0 Å². The highest BCUT2D eigenvalue weighted by molar-refractivity contribution is 5.94. The molecule has 5 heteroatoms. The summed E-state index contributed by atoms with van der Waals surface area (Å²) in [6.07, 6.45) is 5.82. The first-order chi connectivity index (χ1) is 10.2. The molecule has 1 amide bonds. The van der Waals surface area contributed by atoms with Crippen molar-refractivity contribution in [2.24, 2.45) is 0 Å². The lowest BCUT2D eigenvalue weighted by atomic mass is 10.2. The third-order valence-corrected chi connectivity index (χ3v) is 3.25. The van der Waals surface area contributed by atoms with E-state index < -0.39 is 0 Å². The van der Waals surface area contributed by atoms with Crippen molar-refractivity contribution in [3.63, 3.8) is 0 Å². The quantitative estimate of drug-likeness (QED) is 0.769. The number of nitrogens with one attached hydrogen (secondary N) is 1. The summed E-state index contributed by atoms with van der Waals surface area (Å²) < 4.78 is 1.50. The lowest BCUT2D eigenvalue weighted by Gasteiger charge is -2.03.